The first-order valence-electron chi connectivity index (χ1n) is 11.4. The molecule has 6 heteroatoms. The molecule has 0 atom stereocenters. The van der Waals surface area contributed by atoms with Crippen molar-refractivity contribution in [2.45, 2.75) is 27.7 Å². The van der Waals surface area contributed by atoms with Crippen molar-refractivity contribution < 1.29 is 14.5 Å². The highest BCUT2D eigenvalue weighted by atomic mass is 16.4. The summed E-state index contributed by atoms with van der Waals surface area (Å²) < 4.78 is 2.25. The number of carboxylic acid groups (broad SMARTS) is 1. The second-order valence-corrected chi connectivity index (χ2v) is 8.62. The fourth-order valence-corrected chi connectivity index (χ4v) is 4.02. The molecule has 0 saturated heterocycles. The quantitative estimate of drug-likeness (QED) is 0.230. The van der Waals surface area contributed by atoms with E-state index in [1.54, 1.807) is 0 Å². The van der Waals surface area contributed by atoms with E-state index in [2.05, 4.69) is 90.5 Å². The first-order chi connectivity index (χ1) is 16.7. The van der Waals surface area contributed by atoms with Gasteiger partial charge in [-0.25, -0.2) is 4.98 Å². The van der Waals surface area contributed by atoms with Crippen LogP contribution < -0.4 is 20.7 Å². The second-order valence-electron chi connectivity index (χ2n) is 8.62. The van der Waals surface area contributed by atoms with Gasteiger partial charge in [0.1, 0.15) is 11.0 Å². The number of hydrogen-bond donors (Lipinski definition) is 2. The predicted octanol–water partition coefficient (Wildman–Crippen LogP) is 4.67. The summed E-state index contributed by atoms with van der Waals surface area (Å²) in [5.74, 6) is -1.08. The number of carboxylic acids is 1. The van der Waals surface area contributed by atoms with E-state index < -0.39 is 5.97 Å². The van der Waals surface area contributed by atoms with Crippen LogP contribution in [0.1, 0.15) is 23.6 Å². The number of nitrogens with two attached hydrogens (primary N) is 1. The largest absolute Gasteiger partial charge is 0.550 e. The summed E-state index contributed by atoms with van der Waals surface area (Å²) in [6, 6.07) is 27.2. The van der Waals surface area contributed by atoms with Crippen LogP contribution in [0.15, 0.2) is 78.9 Å². The Hall–Kier alpha value is -4.45. The third-order valence-corrected chi connectivity index (χ3v) is 5.71. The van der Waals surface area contributed by atoms with Gasteiger partial charge in [-0.15, -0.1) is 4.57 Å². The number of anilines is 3. The molecule has 0 aliphatic rings. The molecule has 0 unspecified atom stereocenters. The van der Waals surface area contributed by atoms with Gasteiger partial charge in [0.25, 0.3) is 0 Å². The molecule has 0 aliphatic heterocycles. The molecular weight excluding hydrogens is 436 g/mol. The summed E-state index contributed by atoms with van der Waals surface area (Å²) in [4.78, 5) is 13.9. The van der Waals surface area contributed by atoms with Gasteiger partial charge in [-0.05, 0) is 63.1 Å². The minimum absolute atomic E-state index is 0.768. The maximum absolute atomic E-state index is 8.89. The number of benzene rings is 4. The highest BCUT2D eigenvalue weighted by molar-refractivity contribution is 5.88. The predicted molar refractivity (Wildman–Crippen MR) is 140 cm³/mol. The molecule has 6 nitrogen and oxygen atoms in total. The van der Waals surface area contributed by atoms with Crippen molar-refractivity contribution in [1.29, 1.82) is 0 Å². The van der Waals surface area contributed by atoms with Crippen LogP contribution in [0.5, 0.6) is 0 Å². The zero-order chi connectivity index (χ0) is 25.1. The molecule has 5 aromatic rings. The molecule has 4 aromatic carbocycles. The van der Waals surface area contributed by atoms with Crippen molar-refractivity contribution in [3.05, 3.63) is 95.6 Å². The number of carbonyl (C=O) groups excluding carboxylic acids is 1. The summed E-state index contributed by atoms with van der Waals surface area (Å²) in [6.45, 7) is 7.20. The first kappa shape index (κ1) is 23.7. The number of rotatable bonds is 3. The SMILES string of the molecule is CC(=O)[O-].Cc1ccc(Nc2cc(C)c3nc4cc(C)c(N)cc4[n+](-c4ccccc4)c3c2)cc1. The van der Waals surface area contributed by atoms with Gasteiger partial charge >= 0.3 is 0 Å². The molecule has 0 bridgehead atoms. The van der Waals surface area contributed by atoms with Crippen molar-refractivity contribution in [3.8, 4) is 5.69 Å². The van der Waals surface area contributed by atoms with Crippen LogP contribution in [0.4, 0.5) is 17.1 Å². The number of aliphatic carboxylic acids is 1. The van der Waals surface area contributed by atoms with Crippen molar-refractivity contribution in [3.63, 3.8) is 0 Å². The highest BCUT2D eigenvalue weighted by Gasteiger charge is 2.22. The molecule has 35 heavy (non-hydrogen) atoms. The molecule has 1 heterocycles. The Kier molecular flexibility index (Phi) is 6.64. The minimum atomic E-state index is -1.08. The number of aromatic nitrogens is 2. The lowest BCUT2D eigenvalue weighted by Gasteiger charge is -2.12. The van der Waals surface area contributed by atoms with E-state index in [0.717, 1.165) is 62.9 Å². The maximum atomic E-state index is 8.89. The molecular formula is C29H28N4O2. The molecule has 0 amide bonds. The Morgan fingerprint density at radius 3 is 2.17 bits per heavy atom. The molecule has 0 radical (unpaired) electrons. The summed E-state index contributed by atoms with van der Waals surface area (Å²) >= 11 is 0. The van der Waals surface area contributed by atoms with Crippen molar-refractivity contribution in [2.24, 2.45) is 0 Å². The van der Waals surface area contributed by atoms with E-state index in [4.69, 9.17) is 20.6 Å². The van der Waals surface area contributed by atoms with Crippen LogP contribution >= 0.6 is 0 Å². The van der Waals surface area contributed by atoms with Gasteiger partial charge in [0, 0.05) is 47.3 Å². The number of para-hydroxylation sites is 1. The number of nitrogen functional groups attached to an aromatic ring is 1. The van der Waals surface area contributed by atoms with Crippen molar-refractivity contribution in [2.75, 3.05) is 11.1 Å². The van der Waals surface area contributed by atoms with Crippen LogP contribution in [-0.2, 0) is 4.79 Å². The standard InChI is InChI=1S/C27H24N4.C2H4O2/c1-17-9-11-20(12-10-17)29-21-13-19(3)27-26(15-21)31(22-7-5-4-6-8-22)25-16-23(28)18(2)14-24(25)30-27;1-2(3)4/h4-16H,1-3H3,(H2,28,29);1H3,(H,3,4). The minimum Gasteiger partial charge on any atom is -0.550 e. The van der Waals surface area contributed by atoms with Crippen molar-refractivity contribution >= 4 is 45.1 Å². The van der Waals surface area contributed by atoms with E-state index in [0.29, 0.717) is 0 Å². The van der Waals surface area contributed by atoms with Gasteiger partial charge in [0.15, 0.2) is 0 Å². The Labute approximate surface area is 204 Å². The number of nitrogens with zero attached hydrogens (tertiary/aromatic N) is 2. The Balaban J connectivity index is 0.000000672. The number of hydrogen-bond acceptors (Lipinski definition) is 5. The van der Waals surface area contributed by atoms with E-state index in [1.165, 1.54) is 5.56 Å². The van der Waals surface area contributed by atoms with Gasteiger partial charge in [-0.3, -0.25) is 0 Å². The van der Waals surface area contributed by atoms with Gasteiger partial charge < -0.3 is 21.0 Å². The third kappa shape index (κ3) is 5.22. The number of nitrogens with one attached hydrogen (secondary N) is 1. The summed E-state index contributed by atoms with van der Waals surface area (Å²) in [5, 5.41) is 12.4. The van der Waals surface area contributed by atoms with Crippen LogP contribution in [0.3, 0.4) is 0 Å². The monoisotopic (exact) mass is 464 g/mol. The molecule has 5 rings (SSSR count). The summed E-state index contributed by atoms with van der Waals surface area (Å²) in [7, 11) is 0. The topological polar surface area (TPSA) is 94.9 Å². The lowest BCUT2D eigenvalue weighted by atomic mass is 10.1. The van der Waals surface area contributed by atoms with Crippen LogP contribution in [-0.4, -0.2) is 11.0 Å². The molecule has 176 valence electrons. The molecule has 1 aromatic heterocycles. The van der Waals surface area contributed by atoms with Crippen LogP contribution in [0, 0.1) is 20.8 Å². The second kappa shape index (κ2) is 9.81. The lowest BCUT2D eigenvalue weighted by molar-refractivity contribution is -0.538. The smallest absolute Gasteiger partial charge is 0.239 e. The first-order valence-corrected chi connectivity index (χ1v) is 11.4. The highest BCUT2D eigenvalue weighted by Crippen LogP contribution is 2.27. The maximum Gasteiger partial charge on any atom is 0.239 e. The number of fused-ring (bicyclic) bond motifs is 2. The fourth-order valence-electron chi connectivity index (χ4n) is 4.02. The van der Waals surface area contributed by atoms with E-state index >= 15 is 0 Å². The summed E-state index contributed by atoms with van der Waals surface area (Å²) in [6.07, 6.45) is 0. The molecule has 0 fully saturated rings. The summed E-state index contributed by atoms with van der Waals surface area (Å²) in [5.41, 5.74) is 17.6. The van der Waals surface area contributed by atoms with Gasteiger partial charge in [0.05, 0.1) is 0 Å². The number of carbonyl (C=O) groups is 1. The Morgan fingerprint density at radius 1 is 0.857 bits per heavy atom. The van der Waals surface area contributed by atoms with Gasteiger partial charge in [0.2, 0.25) is 16.7 Å². The molecule has 0 spiro atoms. The van der Waals surface area contributed by atoms with Crippen LogP contribution in [0.2, 0.25) is 0 Å². The van der Waals surface area contributed by atoms with E-state index in [-0.39, 0.29) is 0 Å². The molecule has 3 N–H and O–H groups in total. The Morgan fingerprint density at radius 2 is 1.51 bits per heavy atom. The number of aryl methyl sites for hydroxylation is 3. The third-order valence-electron chi connectivity index (χ3n) is 5.71. The van der Waals surface area contributed by atoms with E-state index in [1.807, 2.05) is 19.1 Å². The van der Waals surface area contributed by atoms with Gasteiger partial charge in [-0.2, -0.15) is 0 Å². The fraction of sp³-hybridized carbons (Fsp3) is 0.138. The lowest BCUT2D eigenvalue weighted by Crippen LogP contribution is -2.33. The van der Waals surface area contributed by atoms with Crippen molar-refractivity contribution in [1.82, 2.24) is 4.98 Å². The average molecular weight is 465 g/mol. The zero-order valence-corrected chi connectivity index (χ0v) is 20.3. The Bertz CT molecular complexity index is 1520. The van der Waals surface area contributed by atoms with Crippen LogP contribution in [0.25, 0.3) is 27.8 Å². The molecule has 0 saturated carbocycles. The average Bonchev–Trinajstić information content (AvgIpc) is 2.81. The molecule has 0 aliphatic carbocycles. The van der Waals surface area contributed by atoms with E-state index in [9.17, 15) is 0 Å². The normalized spacial score (nSPS) is 10.6. The van der Waals surface area contributed by atoms with Gasteiger partial charge in [-0.1, -0.05) is 35.9 Å². The zero-order valence-electron chi connectivity index (χ0n) is 20.3.